The van der Waals surface area contributed by atoms with Gasteiger partial charge in [-0.2, -0.15) is 0 Å². The highest BCUT2D eigenvalue weighted by Crippen LogP contribution is 2.21. The number of aromatic nitrogens is 2. The molecule has 0 radical (unpaired) electrons. The Bertz CT molecular complexity index is 1410. The van der Waals surface area contributed by atoms with Gasteiger partial charge in [-0.3, -0.25) is 9.52 Å². The van der Waals surface area contributed by atoms with Gasteiger partial charge in [-0.25, -0.2) is 13.4 Å². The van der Waals surface area contributed by atoms with E-state index in [4.69, 9.17) is 0 Å². The predicted molar refractivity (Wildman–Crippen MR) is 137 cm³/mol. The number of nitrogens with zero attached hydrogens (tertiary/aromatic N) is 3. The van der Waals surface area contributed by atoms with Crippen molar-refractivity contribution in [2.45, 2.75) is 18.2 Å². The van der Waals surface area contributed by atoms with Crippen LogP contribution in [0.15, 0.2) is 77.7 Å². The number of sulfonamides is 1. The van der Waals surface area contributed by atoms with Crippen LogP contribution in [0.1, 0.15) is 22.3 Å². The summed E-state index contributed by atoms with van der Waals surface area (Å²) in [6.07, 6.45) is 0.815. The van der Waals surface area contributed by atoms with E-state index in [2.05, 4.69) is 19.6 Å². The smallest absolute Gasteiger partial charge is 0.261 e. The van der Waals surface area contributed by atoms with Crippen molar-refractivity contribution in [3.63, 3.8) is 0 Å². The Balaban J connectivity index is 1.25. The summed E-state index contributed by atoms with van der Waals surface area (Å²) in [6.45, 7) is 4.59. The molecule has 0 saturated carbocycles. The van der Waals surface area contributed by atoms with Gasteiger partial charge in [0.05, 0.1) is 15.9 Å². The first-order chi connectivity index (χ1) is 16.9. The number of amides is 1. The molecule has 1 aliphatic heterocycles. The van der Waals surface area contributed by atoms with Crippen molar-refractivity contribution in [2.24, 2.45) is 0 Å². The summed E-state index contributed by atoms with van der Waals surface area (Å²) in [6, 6.07) is 21.1. The molecular weight excluding hydrogens is 462 g/mol. The van der Waals surface area contributed by atoms with E-state index in [-0.39, 0.29) is 10.8 Å². The van der Waals surface area contributed by atoms with Gasteiger partial charge in [-0.15, -0.1) is 0 Å². The average Bonchev–Trinajstić information content (AvgIpc) is 3.14. The molecule has 35 heavy (non-hydrogen) atoms. The number of benzene rings is 3. The Morgan fingerprint density at radius 2 is 1.66 bits per heavy atom. The Kier molecular flexibility index (Phi) is 6.17. The van der Waals surface area contributed by atoms with Crippen molar-refractivity contribution < 1.29 is 13.2 Å². The van der Waals surface area contributed by atoms with Crippen molar-refractivity contribution in [3.8, 4) is 0 Å². The second-order valence-electron chi connectivity index (χ2n) is 8.71. The molecule has 180 valence electrons. The standard InChI is InChI=1S/C26H27N5O3S/c1-19-7-11-21(12-8-19)29-35(33,34)22-13-9-20(10-14-22)25(32)30-15-4-16-31(18-17-30)26-27-23-5-2-3-6-24(23)28-26/h2-3,5-14,29H,4,15-18H2,1H3,(H,27,28). The first-order valence-electron chi connectivity index (χ1n) is 11.6. The molecule has 0 bridgehead atoms. The van der Waals surface area contributed by atoms with Crippen molar-refractivity contribution in [1.82, 2.24) is 14.9 Å². The molecule has 1 fully saturated rings. The molecule has 0 aliphatic carbocycles. The minimum absolute atomic E-state index is 0.105. The van der Waals surface area contributed by atoms with Crippen molar-refractivity contribution in [2.75, 3.05) is 35.8 Å². The normalized spacial score (nSPS) is 14.7. The SMILES string of the molecule is Cc1ccc(NS(=O)(=O)c2ccc(C(=O)N3CCCN(c4nc5ccccc5[nH]4)CC3)cc2)cc1. The molecular formula is C26H27N5O3S. The topological polar surface area (TPSA) is 98.4 Å². The van der Waals surface area contributed by atoms with Crippen LogP contribution in [-0.2, 0) is 10.0 Å². The van der Waals surface area contributed by atoms with E-state index >= 15 is 0 Å². The monoisotopic (exact) mass is 489 g/mol. The molecule has 9 heteroatoms. The lowest BCUT2D eigenvalue weighted by Gasteiger charge is -2.22. The maximum Gasteiger partial charge on any atom is 0.261 e. The van der Waals surface area contributed by atoms with Crippen LogP contribution in [0.3, 0.4) is 0 Å². The third-order valence-corrected chi connectivity index (χ3v) is 7.57. The van der Waals surface area contributed by atoms with Gasteiger partial charge >= 0.3 is 0 Å². The zero-order valence-electron chi connectivity index (χ0n) is 19.4. The van der Waals surface area contributed by atoms with Gasteiger partial charge in [-0.05, 0) is 61.9 Å². The number of hydrogen-bond donors (Lipinski definition) is 2. The number of rotatable bonds is 5. The van der Waals surface area contributed by atoms with Crippen LogP contribution in [0.4, 0.5) is 11.6 Å². The van der Waals surface area contributed by atoms with E-state index in [1.807, 2.05) is 48.2 Å². The Morgan fingerprint density at radius 3 is 2.40 bits per heavy atom. The second-order valence-corrected chi connectivity index (χ2v) is 10.4. The average molecular weight is 490 g/mol. The molecule has 1 aromatic heterocycles. The molecule has 3 aromatic carbocycles. The van der Waals surface area contributed by atoms with E-state index in [1.165, 1.54) is 12.1 Å². The van der Waals surface area contributed by atoms with E-state index < -0.39 is 10.0 Å². The van der Waals surface area contributed by atoms with Gasteiger partial charge in [0.1, 0.15) is 0 Å². The maximum atomic E-state index is 13.1. The first kappa shape index (κ1) is 22.9. The number of carbonyl (C=O) groups excluding carboxylic acids is 1. The van der Waals surface area contributed by atoms with Crippen LogP contribution in [0.5, 0.6) is 0 Å². The Hall–Kier alpha value is -3.85. The van der Waals surface area contributed by atoms with E-state index in [9.17, 15) is 13.2 Å². The van der Waals surface area contributed by atoms with E-state index in [1.54, 1.807) is 24.3 Å². The minimum atomic E-state index is -3.74. The summed E-state index contributed by atoms with van der Waals surface area (Å²) in [5.41, 5.74) is 3.93. The molecule has 1 aliphatic rings. The summed E-state index contributed by atoms with van der Waals surface area (Å²) in [5.74, 6) is 0.711. The zero-order valence-corrected chi connectivity index (χ0v) is 20.3. The molecule has 4 aromatic rings. The third-order valence-electron chi connectivity index (χ3n) is 6.17. The van der Waals surface area contributed by atoms with Crippen LogP contribution >= 0.6 is 0 Å². The lowest BCUT2D eigenvalue weighted by Crippen LogP contribution is -2.35. The van der Waals surface area contributed by atoms with E-state index in [0.717, 1.165) is 35.5 Å². The number of fused-ring (bicyclic) bond motifs is 1. The number of imidazole rings is 1. The summed E-state index contributed by atoms with van der Waals surface area (Å²) >= 11 is 0. The quantitative estimate of drug-likeness (QED) is 0.441. The number of aryl methyl sites for hydroxylation is 1. The van der Waals surface area contributed by atoms with Crippen LogP contribution in [-0.4, -0.2) is 55.4 Å². The third kappa shape index (κ3) is 5.00. The van der Waals surface area contributed by atoms with E-state index in [0.29, 0.717) is 30.9 Å². The predicted octanol–water partition coefficient (Wildman–Crippen LogP) is 4.02. The fourth-order valence-corrected chi connectivity index (χ4v) is 5.27. The van der Waals surface area contributed by atoms with Gasteiger partial charge in [0, 0.05) is 37.4 Å². The van der Waals surface area contributed by atoms with Crippen LogP contribution in [0.2, 0.25) is 0 Å². The molecule has 1 amide bonds. The molecule has 2 heterocycles. The largest absolute Gasteiger partial charge is 0.341 e. The summed E-state index contributed by atoms with van der Waals surface area (Å²) in [5, 5.41) is 0. The number of nitrogens with one attached hydrogen (secondary N) is 2. The van der Waals surface area contributed by atoms with Crippen molar-refractivity contribution in [3.05, 3.63) is 83.9 Å². The Morgan fingerprint density at radius 1 is 0.914 bits per heavy atom. The van der Waals surface area contributed by atoms with Crippen LogP contribution < -0.4 is 9.62 Å². The summed E-state index contributed by atoms with van der Waals surface area (Å²) in [4.78, 5) is 25.3. The summed E-state index contributed by atoms with van der Waals surface area (Å²) < 4.78 is 28.0. The van der Waals surface area contributed by atoms with Crippen LogP contribution in [0.25, 0.3) is 11.0 Å². The highest BCUT2D eigenvalue weighted by Gasteiger charge is 2.23. The molecule has 8 nitrogen and oxygen atoms in total. The van der Waals surface area contributed by atoms with Gasteiger partial charge in [0.15, 0.2) is 0 Å². The number of aromatic amines is 1. The van der Waals surface area contributed by atoms with Gasteiger partial charge in [-0.1, -0.05) is 29.8 Å². The zero-order chi connectivity index (χ0) is 24.4. The number of para-hydroxylation sites is 2. The Labute approximate surface area is 204 Å². The van der Waals surface area contributed by atoms with Gasteiger partial charge in [0.2, 0.25) is 5.95 Å². The first-order valence-corrected chi connectivity index (χ1v) is 13.1. The molecule has 2 N–H and O–H groups in total. The molecule has 0 spiro atoms. The lowest BCUT2D eigenvalue weighted by molar-refractivity contribution is 0.0767. The number of carbonyl (C=O) groups is 1. The van der Waals surface area contributed by atoms with Gasteiger partial charge in [0.25, 0.3) is 15.9 Å². The van der Waals surface area contributed by atoms with Crippen molar-refractivity contribution in [1.29, 1.82) is 0 Å². The molecule has 1 saturated heterocycles. The van der Waals surface area contributed by atoms with Crippen molar-refractivity contribution >= 4 is 38.6 Å². The molecule has 5 rings (SSSR count). The summed E-state index contributed by atoms with van der Waals surface area (Å²) in [7, 11) is -3.74. The maximum absolute atomic E-state index is 13.1. The second kappa shape index (κ2) is 9.42. The number of anilines is 2. The fourth-order valence-electron chi connectivity index (χ4n) is 4.22. The van der Waals surface area contributed by atoms with Gasteiger partial charge < -0.3 is 14.8 Å². The number of hydrogen-bond acceptors (Lipinski definition) is 5. The highest BCUT2D eigenvalue weighted by atomic mass is 32.2. The molecule has 0 atom stereocenters. The minimum Gasteiger partial charge on any atom is -0.341 e. The lowest BCUT2D eigenvalue weighted by atomic mass is 10.2. The molecule has 0 unspecified atom stereocenters. The fraction of sp³-hybridized carbons (Fsp3) is 0.231. The van der Waals surface area contributed by atoms with Crippen LogP contribution in [0, 0.1) is 6.92 Å². The number of H-pyrrole nitrogens is 1. The highest BCUT2D eigenvalue weighted by molar-refractivity contribution is 7.92.